The first-order valence-electron chi connectivity index (χ1n) is 5.41. The molecule has 0 saturated carbocycles. The molecule has 1 aromatic heterocycles. The number of halogens is 1. The molecule has 0 radical (unpaired) electrons. The van der Waals surface area contributed by atoms with Gasteiger partial charge >= 0.3 is 0 Å². The molecule has 0 fully saturated rings. The van der Waals surface area contributed by atoms with Gasteiger partial charge in [0.15, 0.2) is 0 Å². The molecule has 0 bridgehead atoms. The minimum absolute atomic E-state index is 0.224. The molecule has 0 spiro atoms. The first-order chi connectivity index (χ1) is 8.29. The Kier molecular flexibility index (Phi) is 3.67. The number of nitrogens with two attached hydrogens (primary N) is 1. The number of rotatable bonds is 4. The van der Waals surface area contributed by atoms with Crippen molar-refractivity contribution in [3.05, 3.63) is 59.7 Å². The maximum absolute atomic E-state index is 13.0. The van der Waals surface area contributed by atoms with Crippen LogP contribution in [0.2, 0.25) is 0 Å². The van der Waals surface area contributed by atoms with Gasteiger partial charge in [-0.05, 0) is 23.8 Å². The Hall–Kier alpha value is -1.94. The standard InChI is InChI=1S/C13H14FN3/c14-12-3-1-2-10(6-12)8-17-13-4-5-16-9-11(13)7-15/h1-6,9H,7-8,15H2,(H,16,17). The topological polar surface area (TPSA) is 50.9 Å². The second-order valence-electron chi connectivity index (χ2n) is 3.72. The fraction of sp³-hybridized carbons (Fsp3) is 0.154. The zero-order valence-electron chi connectivity index (χ0n) is 9.36. The van der Waals surface area contributed by atoms with Crippen LogP contribution < -0.4 is 11.1 Å². The summed E-state index contributed by atoms with van der Waals surface area (Å²) in [7, 11) is 0. The minimum atomic E-state index is -0.224. The van der Waals surface area contributed by atoms with E-state index in [4.69, 9.17) is 5.73 Å². The predicted octanol–water partition coefficient (Wildman–Crippen LogP) is 2.29. The Morgan fingerprint density at radius 2 is 2.18 bits per heavy atom. The van der Waals surface area contributed by atoms with Gasteiger partial charge in [0.25, 0.3) is 0 Å². The van der Waals surface area contributed by atoms with Crippen LogP contribution >= 0.6 is 0 Å². The molecule has 0 aliphatic heterocycles. The van der Waals surface area contributed by atoms with E-state index < -0.39 is 0 Å². The van der Waals surface area contributed by atoms with E-state index in [1.54, 1.807) is 18.5 Å². The summed E-state index contributed by atoms with van der Waals surface area (Å²) in [5.74, 6) is -0.224. The van der Waals surface area contributed by atoms with E-state index in [9.17, 15) is 4.39 Å². The van der Waals surface area contributed by atoms with Crippen LogP contribution in [0.1, 0.15) is 11.1 Å². The van der Waals surface area contributed by atoms with E-state index in [0.717, 1.165) is 16.8 Å². The van der Waals surface area contributed by atoms with Gasteiger partial charge in [-0.25, -0.2) is 4.39 Å². The van der Waals surface area contributed by atoms with Crippen molar-refractivity contribution in [1.29, 1.82) is 0 Å². The first-order valence-corrected chi connectivity index (χ1v) is 5.41. The van der Waals surface area contributed by atoms with E-state index in [1.165, 1.54) is 12.1 Å². The largest absolute Gasteiger partial charge is 0.381 e. The van der Waals surface area contributed by atoms with Gasteiger partial charge in [0.2, 0.25) is 0 Å². The van der Waals surface area contributed by atoms with E-state index in [-0.39, 0.29) is 5.82 Å². The highest BCUT2D eigenvalue weighted by Gasteiger charge is 2.00. The Bertz CT molecular complexity index is 500. The summed E-state index contributed by atoms with van der Waals surface area (Å²) in [5.41, 5.74) is 8.38. The predicted molar refractivity (Wildman–Crippen MR) is 65.9 cm³/mol. The highest BCUT2D eigenvalue weighted by molar-refractivity contribution is 5.49. The summed E-state index contributed by atoms with van der Waals surface area (Å²) in [5, 5.41) is 3.22. The molecule has 17 heavy (non-hydrogen) atoms. The molecule has 3 N–H and O–H groups in total. The van der Waals surface area contributed by atoms with Crippen molar-refractivity contribution in [1.82, 2.24) is 4.98 Å². The molecule has 0 unspecified atom stereocenters. The Balaban J connectivity index is 2.07. The lowest BCUT2D eigenvalue weighted by Gasteiger charge is -2.10. The lowest BCUT2D eigenvalue weighted by molar-refractivity contribution is 0.626. The summed E-state index contributed by atoms with van der Waals surface area (Å²) >= 11 is 0. The van der Waals surface area contributed by atoms with Crippen molar-refractivity contribution in [2.24, 2.45) is 5.73 Å². The van der Waals surface area contributed by atoms with E-state index >= 15 is 0 Å². The van der Waals surface area contributed by atoms with Crippen LogP contribution in [0.15, 0.2) is 42.7 Å². The summed E-state index contributed by atoms with van der Waals surface area (Å²) in [4.78, 5) is 4.01. The molecule has 0 saturated heterocycles. The Labute approximate surface area is 99.5 Å². The minimum Gasteiger partial charge on any atom is -0.381 e. The van der Waals surface area contributed by atoms with Crippen molar-refractivity contribution >= 4 is 5.69 Å². The number of nitrogens with one attached hydrogen (secondary N) is 1. The van der Waals surface area contributed by atoms with Gasteiger partial charge in [-0.3, -0.25) is 4.98 Å². The zero-order valence-corrected chi connectivity index (χ0v) is 9.36. The second-order valence-corrected chi connectivity index (χ2v) is 3.72. The molecule has 2 aromatic rings. The maximum atomic E-state index is 13.0. The number of aromatic nitrogens is 1. The van der Waals surface area contributed by atoms with Gasteiger partial charge in [0.1, 0.15) is 5.82 Å². The van der Waals surface area contributed by atoms with Crippen LogP contribution in [0.25, 0.3) is 0 Å². The van der Waals surface area contributed by atoms with Gasteiger partial charge < -0.3 is 11.1 Å². The lowest BCUT2D eigenvalue weighted by atomic mass is 10.2. The summed E-state index contributed by atoms with van der Waals surface area (Å²) in [6, 6.07) is 8.38. The third kappa shape index (κ3) is 3.01. The third-order valence-corrected chi connectivity index (χ3v) is 2.50. The van der Waals surface area contributed by atoms with Gasteiger partial charge in [-0.15, -0.1) is 0 Å². The van der Waals surface area contributed by atoms with E-state index in [2.05, 4.69) is 10.3 Å². The number of nitrogens with zero attached hydrogens (tertiary/aromatic N) is 1. The van der Waals surface area contributed by atoms with Crippen molar-refractivity contribution < 1.29 is 4.39 Å². The summed E-state index contributed by atoms with van der Waals surface area (Å²) in [6.45, 7) is 0.994. The average Bonchev–Trinajstić information content (AvgIpc) is 2.37. The quantitative estimate of drug-likeness (QED) is 0.848. The fourth-order valence-electron chi connectivity index (χ4n) is 1.61. The van der Waals surface area contributed by atoms with Crippen molar-refractivity contribution in [3.8, 4) is 0 Å². The molecule has 2 rings (SSSR count). The summed E-state index contributed by atoms with van der Waals surface area (Å²) in [6.07, 6.45) is 3.43. The average molecular weight is 231 g/mol. The highest BCUT2D eigenvalue weighted by atomic mass is 19.1. The van der Waals surface area contributed by atoms with Crippen LogP contribution in [-0.4, -0.2) is 4.98 Å². The molecule has 0 aliphatic carbocycles. The number of hydrogen-bond donors (Lipinski definition) is 2. The van der Waals surface area contributed by atoms with Crippen LogP contribution in [0.3, 0.4) is 0 Å². The molecule has 0 amide bonds. The first kappa shape index (κ1) is 11.5. The molecule has 4 heteroatoms. The number of anilines is 1. The van der Waals surface area contributed by atoms with Crippen molar-refractivity contribution in [2.45, 2.75) is 13.1 Å². The number of pyridine rings is 1. The van der Waals surface area contributed by atoms with Crippen LogP contribution in [0, 0.1) is 5.82 Å². The van der Waals surface area contributed by atoms with Gasteiger partial charge in [-0.1, -0.05) is 12.1 Å². The highest BCUT2D eigenvalue weighted by Crippen LogP contribution is 2.14. The Morgan fingerprint density at radius 3 is 2.94 bits per heavy atom. The van der Waals surface area contributed by atoms with Crippen molar-refractivity contribution in [2.75, 3.05) is 5.32 Å². The summed E-state index contributed by atoms with van der Waals surface area (Å²) < 4.78 is 13.0. The maximum Gasteiger partial charge on any atom is 0.123 e. The number of benzene rings is 1. The number of hydrogen-bond acceptors (Lipinski definition) is 3. The van der Waals surface area contributed by atoms with Crippen molar-refractivity contribution in [3.63, 3.8) is 0 Å². The lowest BCUT2D eigenvalue weighted by Crippen LogP contribution is -2.06. The SMILES string of the molecule is NCc1cnccc1NCc1cccc(F)c1. The zero-order chi connectivity index (χ0) is 12.1. The van der Waals surface area contributed by atoms with E-state index in [1.807, 2.05) is 12.1 Å². The molecule has 0 aliphatic rings. The molecule has 3 nitrogen and oxygen atoms in total. The van der Waals surface area contributed by atoms with Gasteiger partial charge in [-0.2, -0.15) is 0 Å². The Morgan fingerprint density at radius 1 is 1.29 bits per heavy atom. The molecule has 1 aromatic carbocycles. The normalized spacial score (nSPS) is 10.2. The van der Waals surface area contributed by atoms with Gasteiger partial charge in [0, 0.05) is 36.7 Å². The van der Waals surface area contributed by atoms with Crippen LogP contribution in [0.4, 0.5) is 10.1 Å². The monoisotopic (exact) mass is 231 g/mol. The molecule has 1 heterocycles. The fourth-order valence-corrected chi connectivity index (χ4v) is 1.61. The smallest absolute Gasteiger partial charge is 0.123 e. The van der Waals surface area contributed by atoms with Crippen LogP contribution in [-0.2, 0) is 13.1 Å². The molecular formula is C13H14FN3. The third-order valence-electron chi connectivity index (χ3n) is 2.50. The molecule has 0 atom stereocenters. The second kappa shape index (κ2) is 5.41. The van der Waals surface area contributed by atoms with Crippen LogP contribution in [0.5, 0.6) is 0 Å². The molecule has 88 valence electrons. The molecular weight excluding hydrogens is 217 g/mol. The van der Waals surface area contributed by atoms with E-state index in [0.29, 0.717) is 13.1 Å². The van der Waals surface area contributed by atoms with Gasteiger partial charge in [0.05, 0.1) is 0 Å².